The van der Waals surface area contributed by atoms with Crippen molar-refractivity contribution in [1.82, 2.24) is 20.1 Å². The number of pyridine rings is 1. The number of fused-ring (bicyclic) bond motifs is 1. The van der Waals surface area contributed by atoms with Crippen LogP contribution >= 0.6 is 0 Å². The molecule has 0 bridgehead atoms. The van der Waals surface area contributed by atoms with Gasteiger partial charge in [-0.05, 0) is 38.1 Å². The highest BCUT2D eigenvalue weighted by molar-refractivity contribution is 5.84. The first-order chi connectivity index (χ1) is 11.7. The zero-order chi connectivity index (χ0) is 16.7. The lowest BCUT2D eigenvalue weighted by Crippen LogP contribution is -2.18. The fourth-order valence-corrected chi connectivity index (χ4v) is 3.44. The lowest BCUT2D eigenvalue weighted by atomic mass is 9.99. The molecule has 1 aliphatic rings. The van der Waals surface area contributed by atoms with Gasteiger partial charge in [0.05, 0.1) is 17.1 Å². The quantitative estimate of drug-likeness (QED) is 0.778. The molecule has 0 saturated carbocycles. The molecule has 0 amide bonds. The highest BCUT2D eigenvalue weighted by Gasteiger charge is 2.20. The number of benzene rings is 1. The van der Waals surface area contributed by atoms with Crippen LogP contribution in [0.25, 0.3) is 22.2 Å². The largest absolute Gasteiger partial charge is 0.322 e. The average Bonchev–Trinajstić information content (AvgIpc) is 3.24. The lowest BCUT2D eigenvalue weighted by Gasteiger charge is -2.10. The Morgan fingerprint density at radius 3 is 2.96 bits per heavy atom. The van der Waals surface area contributed by atoms with Crippen molar-refractivity contribution in [3.05, 3.63) is 52.2 Å². The van der Waals surface area contributed by atoms with Gasteiger partial charge < -0.3 is 10.3 Å². The fourth-order valence-electron chi connectivity index (χ4n) is 3.44. The Balaban J connectivity index is 1.79. The van der Waals surface area contributed by atoms with Gasteiger partial charge in [0.15, 0.2) is 0 Å². The first kappa shape index (κ1) is 15.1. The van der Waals surface area contributed by atoms with Crippen molar-refractivity contribution in [2.24, 2.45) is 0 Å². The van der Waals surface area contributed by atoms with Gasteiger partial charge in [-0.1, -0.05) is 6.07 Å². The van der Waals surface area contributed by atoms with Crippen LogP contribution in [0.1, 0.15) is 24.8 Å². The van der Waals surface area contributed by atoms with E-state index >= 15 is 0 Å². The van der Waals surface area contributed by atoms with Gasteiger partial charge in [0.1, 0.15) is 5.82 Å². The van der Waals surface area contributed by atoms with Crippen molar-refractivity contribution < 1.29 is 4.39 Å². The van der Waals surface area contributed by atoms with Crippen molar-refractivity contribution in [3.63, 3.8) is 0 Å². The van der Waals surface area contributed by atoms with Crippen LogP contribution in [0.4, 0.5) is 4.39 Å². The molecule has 3 aromatic rings. The van der Waals surface area contributed by atoms with E-state index in [9.17, 15) is 9.18 Å². The Bertz CT molecular complexity index is 953. The lowest BCUT2D eigenvalue weighted by molar-refractivity contribution is 0.640. The molecule has 5 nitrogen and oxygen atoms in total. The summed E-state index contributed by atoms with van der Waals surface area (Å²) in [5.74, 6) is -0.0735. The zero-order valence-electron chi connectivity index (χ0n) is 13.5. The van der Waals surface area contributed by atoms with Gasteiger partial charge in [0.25, 0.3) is 5.56 Å². The van der Waals surface area contributed by atoms with E-state index in [1.54, 1.807) is 4.68 Å². The number of hydrogen-bond acceptors (Lipinski definition) is 3. The van der Waals surface area contributed by atoms with E-state index in [4.69, 9.17) is 0 Å². The summed E-state index contributed by atoms with van der Waals surface area (Å²) in [7, 11) is 0. The van der Waals surface area contributed by atoms with Crippen molar-refractivity contribution in [2.75, 3.05) is 13.1 Å². The third-order valence-electron chi connectivity index (χ3n) is 4.76. The fraction of sp³-hybridized carbons (Fsp3) is 0.333. The van der Waals surface area contributed by atoms with Crippen LogP contribution in [0, 0.1) is 5.82 Å². The van der Waals surface area contributed by atoms with Crippen molar-refractivity contribution in [1.29, 1.82) is 0 Å². The van der Waals surface area contributed by atoms with Crippen LogP contribution in [0.3, 0.4) is 0 Å². The second-order valence-corrected chi connectivity index (χ2v) is 6.20. The predicted molar refractivity (Wildman–Crippen MR) is 91.6 cm³/mol. The van der Waals surface area contributed by atoms with E-state index in [2.05, 4.69) is 15.4 Å². The summed E-state index contributed by atoms with van der Waals surface area (Å²) in [5.41, 5.74) is 2.72. The van der Waals surface area contributed by atoms with Crippen LogP contribution in [-0.4, -0.2) is 27.9 Å². The van der Waals surface area contributed by atoms with Crippen LogP contribution in [0.2, 0.25) is 0 Å². The Hall–Kier alpha value is -2.47. The smallest absolute Gasteiger partial charge is 0.251 e. The molecule has 24 heavy (non-hydrogen) atoms. The Labute approximate surface area is 138 Å². The zero-order valence-corrected chi connectivity index (χ0v) is 13.5. The third kappa shape index (κ3) is 2.43. The number of rotatable bonds is 3. The molecule has 6 heteroatoms. The van der Waals surface area contributed by atoms with Crippen molar-refractivity contribution >= 4 is 10.9 Å². The predicted octanol–water partition coefficient (Wildman–Crippen LogP) is 2.63. The maximum absolute atomic E-state index is 14.4. The molecule has 1 aliphatic heterocycles. The molecule has 124 valence electrons. The second kappa shape index (κ2) is 5.87. The summed E-state index contributed by atoms with van der Waals surface area (Å²) < 4.78 is 16.1. The van der Waals surface area contributed by atoms with E-state index < -0.39 is 0 Å². The highest BCUT2D eigenvalue weighted by Crippen LogP contribution is 2.26. The average molecular weight is 326 g/mol. The number of halogens is 1. The molecule has 1 aromatic carbocycles. The summed E-state index contributed by atoms with van der Waals surface area (Å²) in [6, 6.07) is 7.05. The number of nitrogens with one attached hydrogen (secondary N) is 2. The van der Waals surface area contributed by atoms with Crippen LogP contribution in [-0.2, 0) is 6.54 Å². The van der Waals surface area contributed by atoms with E-state index in [1.165, 1.54) is 12.3 Å². The normalized spacial score (nSPS) is 17.7. The van der Waals surface area contributed by atoms with E-state index in [0.717, 1.165) is 30.6 Å². The SMILES string of the molecule is CCn1ncc2c(F)cc(-c3ccc(C4CCNC4)c(=O)[nH]3)cc21. The number of nitrogens with zero attached hydrogens (tertiary/aromatic N) is 2. The number of aromatic amines is 1. The van der Waals surface area contributed by atoms with Crippen molar-refractivity contribution in [3.8, 4) is 11.3 Å². The summed E-state index contributed by atoms with van der Waals surface area (Å²) in [5, 5.41) is 7.96. The number of H-pyrrole nitrogens is 1. The molecule has 2 N–H and O–H groups in total. The first-order valence-electron chi connectivity index (χ1n) is 8.26. The summed E-state index contributed by atoms with van der Waals surface area (Å²) in [4.78, 5) is 15.3. The highest BCUT2D eigenvalue weighted by atomic mass is 19.1. The monoisotopic (exact) mass is 326 g/mol. The number of hydrogen-bond donors (Lipinski definition) is 2. The molecule has 4 rings (SSSR count). The van der Waals surface area contributed by atoms with Gasteiger partial charge in [0.2, 0.25) is 0 Å². The standard InChI is InChI=1S/C18H19FN4O/c1-2-23-17-8-12(7-15(19)14(17)10-21-23)16-4-3-13(18(24)22-16)11-5-6-20-9-11/h3-4,7-8,10-11,20H,2,5-6,9H2,1H3,(H,22,24). The Morgan fingerprint density at radius 1 is 1.38 bits per heavy atom. The molecule has 0 radical (unpaired) electrons. The summed E-state index contributed by atoms with van der Waals surface area (Å²) >= 11 is 0. The van der Waals surface area contributed by atoms with Crippen LogP contribution in [0.15, 0.2) is 35.3 Å². The molecule has 1 fully saturated rings. The van der Waals surface area contributed by atoms with Gasteiger partial charge in [-0.2, -0.15) is 5.10 Å². The minimum atomic E-state index is -0.327. The molecular weight excluding hydrogens is 307 g/mol. The van der Waals surface area contributed by atoms with Gasteiger partial charge >= 0.3 is 0 Å². The molecule has 3 heterocycles. The van der Waals surface area contributed by atoms with Crippen LogP contribution < -0.4 is 10.9 Å². The minimum Gasteiger partial charge on any atom is -0.322 e. The maximum Gasteiger partial charge on any atom is 0.251 e. The van der Waals surface area contributed by atoms with E-state index in [-0.39, 0.29) is 17.3 Å². The molecule has 2 aromatic heterocycles. The molecule has 1 unspecified atom stereocenters. The molecular formula is C18H19FN4O. The number of aromatic nitrogens is 3. The van der Waals surface area contributed by atoms with Crippen molar-refractivity contribution in [2.45, 2.75) is 25.8 Å². The Kier molecular flexibility index (Phi) is 3.69. The maximum atomic E-state index is 14.4. The van der Waals surface area contributed by atoms with E-state index in [0.29, 0.717) is 23.2 Å². The third-order valence-corrected chi connectivity index (χ3v) is 4.76. The number of aryl methyl sites for hydroxylation is 1. The van der Waals surface area contributed by atoms with Crippen LogP contribution in [0.5, 0.6) is 0 Å². The summed E-state index contributed by atoms with van der Waals surface area (Å²) in [6.45, 7) is 4.40. The molecule has 0 aliphatic carbocycles. The first-order valence-corrected chi connectivity index (χ1v) is 8.26. The Morgan fingerprint density at radius 2 is 2.25 bits per heavy atom. The topological polar surface area (TPSA) is 62.7 Å². The van der Waals surface area contributed by atoms with Gasteiger partial charge in [0, 0.05) is 35.8 Å². The molecule has 1 saturated heterocycles. The molecule has 1 atom stereocenters. The van der Waals surface area contributed by atoms with Gasteiger partial charge in [-0.25, -0.2) is 4.39 Å². The second-order valence-electron chi connectivity index (χ2n) is 6.20. The van der Waals surface area contributed by atoms with Gasteiger partial charge in [-0.15, -0.1) is 0 Å². The molecule has 0 spiro atoms. The summed E-state index contributed by atoms with van der Waals surface area (Å²) in [6.07, 6.45) is 2.51. The van der Waals surface area contributed by atoms with E-state index in [1.807, 2.05) is 25.1 Å². The minimum absolute atomic E-state index is 0.0919. The van der Waals surface area contributed by atoms with Gasteiger partial charge in [-0.3, -0.25) is 9.48 Å².